The molecule has 0 aromatic heterocycles. The second kappa shape index (κ2) is 6.26. The molecule has 1 aliphatic rings. The highest BCUT2D eigenvalue weighted by Gasteiger charge is 2.20. The van der Waals surface area contributed by atoms with Crippen molar-refractivity contribution in [1.82, 2.24) is 4.90 Å². The Bertz CT molecular complexity index is 470. The quantitative estimate of drug-likeness (QED) is 0.779. The van der Waals surface area contributed by atoms with Crippen LogP contribution in [0.2, 0.25) is 5.02 Å². The first kappa shape index (κ1) is 14.2. The molecule has 0 bridgehead atoms. The second-order valence-corrected chi connectivity index (χ2v) is 5.00. The van der Waals surface area contributed by atoms with Gasteiger partial charge in [0.05, 0.1) is 31.4 Å². The highest BCUT2D eigenvalue weighted by Crippen LogP contribution is 2.32. The van der Waals surface area contributed by atoms with E-state index in [-0.39, 0.29) is 5.78 Å². The van der Waals surface area contributed by atoms with E-state index in [1.807, 2.05) is 0 Å². The van der Waals surface area contributed by atoms with Gasteiger partial charge >= 0.3 is 0 Å². The molecule has 5 heteroatoms. The molecule has 1 aromatic rings. The van der Waals surface area contributed by atoms with Gasteiger partial charge in [-0.25, -0.2) is 0 Å². The van der Waals surface area contributed by atoms with Crippen LogP contribution in [0.15, 0.2) is 12.1 Å². The number of Topliss-reactive ketones (excluding diaryl/α,β-unsaturated/α-hetero) is 1. The number of nitrogens with zero attached hydrogens (tertiary/aromatic N) is 1. The van der Waals surface area contributed by atoms with E-state index in [0.29, 0.717) is 28.6 Å². The Hall–Kier alpha value is -1.26. The molecule has 1 saturated heterocycles. The monoisotopic (exact) mass is 283 g/mol. The first-order valence-electron chi connectivity index (χ1n) is 6.32. The van der Waals surface area contributed by atoms with Crippen molar-refractivity contribution in [2.75, 3.05) is 33.9 Å². The van der Waals surface area contributed by atoms with Crippen molar-refractivity contribution < 1.29 is 14.3 Å². The molecule has 0 spiro atoms. The van der Waals surface area contributed by atoms with Crippen LogP contribution in [0.3, 0.4) is 0 Å². The molecule has 1 heterocycles. The average molecular weight is 284 g/mol. The lowest BCUT2D eigenvalue weighted by Gasteiger charge is -2.16. The van der Waals surface area contributed by atoms with Crippen molar-refractivity contribution in [3.63, 3.8) is 0 Å². The normalized spacial score (nSPS) is 15.5. The number of carbonyl (C=O) groups is 1. The summed E-state index contributed by atoms with van der Waals surface area (Å²) in [4.78, 5) is 14.5. The summed E-state index contributed by atoms with van der Waals surface area (Å²) in [5, 5.41) is 0.424. The summed E-state index contributed by atoms with van der Waals surface area (Å²) in [5.41, 5.74) is 0.514. The van der Waals surface area contributed by atoms with Gasteiger partial charge in [0.1, 0.15) is 11.5 Å². The third-order valence-corrected chi connectivity index (χ3v) is 3.64. The van der Waals surface area contributed by atoms with Crippen LogP contribution >= 0.6 is 11.6 Å². The molecule has 0 saturated carbocycles. The fourth-order valence-corrected chi connectivity index (χ4v) is 2.55. The first-order valence-corrected chi connectivity index (χ1v) is 6.70. The van der Waals surface area contributed by atoms with Gasteiger partial charge in [-0.3, -0.25) is 9.69 Å². The van der Waals surface area contributed by atoms with Crippen LogP contribution in [0.1, 0.15) is 23.2 Å². The minimum Gasteiger partial charge on any atom is -0.496 e. The molecule has 1 fully saturated rings. The van der Waals surface area contributed by atoms with E-state index in [2.05, 4.69) is 4.90 Å². The Morgan fingerprint density at radius 1 is 1.21 bits per heavy atom. The van der Waals surface area contributed by atoms with Crippen molar-refractivity contribution in [2.45, 2.75) is 12.8 Å². The second-order valence-electron chi connectivity index (χ2n) is 4.59. The van der Waals surface area contributed by atoms with Crippen molar-refractivity contribution in [1.29, 1.82) is 0 Å². The number of ether oxygens (including phenoxy) is 2. The number of halogens is 1. The number of hydrogen-bond acceptors (Lipinski definition) is 4. The largest absolute Gasteiger partial charge is 0.496 e. The Kier molecular flexibility index (Phi) is 4.66. The molecule has 104 valence electrons. The summed E-state index contributed by atoms with van der Waals surface area (Å²) in [7, 11) is 3.07. The molecule has 0 N–H and O–H groups in total. The molecular formula is C14H18ClNO3. The Labute approximate surface area is 118 Å². The Balaban J connectivity index is 2.22. The van der Waals surface area contributed by atoms with Gasteiger partial charge in [0.2, 0.25) is 0 Å². The van der Waals surface area contributed by atoms with Gasteiger partial charge in [-0.15, -0.1) is 0 Å². The predicted molar refractivity (Wildman–Crippen MR) is 74.6 cm³/mol. The van der Waals surface area contributed by atoms with Gasteiger partial charge in [0.15, 0.2) is 5.78 Å². The number of carbonyl (C=O) groups excluding carboxylic acids is 1. The zero-order valence-corrected chi connectivity index (χ0v) is 12.0. The summed E-state index contributed by atoms with van der Waals surface area (Å²) >= 11 is 6.07. The fourth-order valence-electron chi connectivity index (χ4n) is 2.31. The molecule has 1 aliphatic heterocycles. The van der Waals surface area contributed by atoms with Crippen LogP contribution in [-0.2, 0) is 0 Å². The van der Waals surface area contributed by atoms with Crippen LogP contribution in [0.25, 0.3) is 0 Å². The van der Waals surface area contributed by atoms with Gasteiger partial charge in [0.25, 0.3) is 0 Å². The van der Waals surface area contributed by atoms with Gasteiger partial charge in [-0.05, 0) is 32.0 Å². The molecule has 0 aliphatic carbocycles. The van der Waals surface area contributed by atoms with Gasteiger partial charge in [0, 0.05) is 6.07 Å². The minimum atomic E-state index is 0.0308. The molecule has 0 amide bonds. The van der Waals surface area contributed by atoms with Crippen molar-refractivity contribution in [3.05, 3.63) is 22.7 Å². The third kappa shape index (κ3) is 3.19. The van der Waals surface area contributed by atoms with Gasteiger partial charge < -0.3 is 9.47 Å². The summed E-state index contributed by atoms with van der Waals surface area (Å²) in [5.74, 6) is 1.05. The summed E-state index contributed by atoms with van der Waals surface area (Å²) < 4.78 is 10.4. The molecule has 0 unspecified atom stereocenters. The Morgan fingerprint density at radius 3 is 2.42 bits per heavy atom. The first-order chi connectivity index (χ1) is 9.15. The zero-order valence-electron chi connectivity index (χ0n) is 11.2. The molecule has 2 rings (SSSR count). The lowest BCUT2D eigenvalue weighted by Crippen LogP contribution is -2.27. The average Bonchev–Trinajstić information content (AvgIpc) is 2.91. The number of benzene rings is 1. The zero-order chi connectivity index (χ0) is 13.8. The molecular weight excluding hydrogens is 266 g/mol. The van der Waals surface area contributed by atoms with Crippen LogP contribution in [0.4, 0.5) is 0 Å². The number of hydrogen-bond donors (Lipinski definition) is 0. The van der Waals surface area contributed by atoms with Crippen molar-refractivity contribution >= 4 is 17.4 Å². The van der Waals surface area contributed by atoms with Crippen LogP contribution < -0.4 is 9.47 Å². The smallest absolute Gasteiger partial charge is 0.180 e. The highest BCUT2D eigenvalue weighted by atomic mass is 35.5. The fraction of sp³-hybridized carbons (Fsp3) is 0.500. The van der Waals surface area contributed by atoms with E-state index < -0.39 is 0 Å². The van der Waals surface area contributed by atoms with Gasteiger partial charge in [-0.2, -0.15) is 0 Å². The molecule has 0 atom stereocenters. The topological polar surface area (TPSA) is 38.8 Å². The standard InChI is InChI=1S/C14H18ClNO3/c1-18-13-8-14(19-2)11(15)7-10(13)12(17)9-16-5-3-4-6-16/h7-8H,3-6,9H2,1-2H3. The molecule has 0 radical (unpaired) electrons. The molecule has 1 aromatic carbocycles. The third-order valence-electron chi connectivity index (χ3n) is 3.34. The highest BCUT2D eigenvalue weighted by molar-refractivity contribution is 6.32. The number of ketones is 1. The summed E-state index contributed by atoms with van der Waals surface area (Å²) in [6, 6.07) is 3.27. The lowest BCUT2D eigenvalue weighted by molar-refractivity contribution is 0.0942. The van der Waals surface area contributed by atoms with Crippen LogP contribution in [-0.4, -0.2) is 44.5 Å². The number of rotatable bonds is 5. The predicted octanol–water partition coefficient (Wildman–Crippen LogP) is 2.64. The SMILES string of the molecule is COc1cc(OC)c(C(=O)CN2CCCC2)cc1Cl. The number of likely N-dealkylation sites (tertiary alicyclic amines) is 1. The van der Waals surface area contributed by atoms with E-state index in [4.69, 9.17) is 21.1 Å². The van der Waals surface area contributed by atoms with Crippen molar-refractivity contribution in [3.8, 4) is 11.5 Å². The maximum atomic E-state index is 12.3. The van der Waals surface area contributed by atoms with Crippen molar-refractivity contribution in [2.24, 2.45) is 0 Å². The number of methoxy groups -OCH3 is 2. The molecule has 4 nitrogen and oxygen atoms in total. The summed E-state index contributed by atoms with van der Waals surface area (Å²) in [6.07, 6.45) is 2.32. The minimum absolute atomic E-state index is 0.0308. The van der Waals surface area contributed by atoms with Crippen LogP contribution in [0.5, 0.6) is 11.5 Å². The Morgan fingerprint density at radius 2 is 1.84 bits per heavy atom. The van der Waals surface area contributed by atoms with Crippen LogP contribution in [0, 0.1) is 0 Å². The maximum Gasteiger partial charge on any atom is 0.180 e. The maximum absolute atomic E-state index is 12.3. The van der Waals surface area contributed by atoms with E-state index in [0.717, 1.165) is 25.9 Å². The van der Waals surface area contributed by atoms with E-state index in [1.165, 1.54) is 14.2 Å². The van der Waals surface area contributed by atoms with E-state index in [1.54, 1.807) is 12.1 Å². The summed E-state index contributed by atoms with van der Waals surface area (Å²) in [6.45, 7) is 2.38. The molecule has 19 heavy (non-hydrogen) atoms. The lowest BCUT2D eigenvalue weighted by atomic mass is 10.1. The van der Waals surface area contributed by atoms with E-state index >= 15 is 0 Å². The van der Waals surface area contributed by atoms with Gasteiger partial charge in [-0.1, -0.05) is 11.6 Å². The van der Waals surface area contributed by atoms with E-state index in [9.17, 15) is 4.79 Å².